The number of amides is 2. The Morgan fingerprint density at radius 3 is 2.20 bits per heavy atom. The van der Waals surface area contributed by atoms with E-state index in [1.165, 1.54) is 12.1 Å². The summed E-state index contributed by atoms with van der Waals surface area (Å²) in [5, 5.41) is 2.95. The van der Waals surface area contributed by atoms with E-state index in [0.717, 1.165) is 35.1 Å². The van der Waals surface area contributed by atoms with Crippen LogP contribution in [0.4, 0.5) is 4.39 Å². The molecule has 4 nitrogen and oxygen atoms in total. The van der Waals surface area contributed by atoms with Crippen molar-refractivity contribution in [2.75, 3.05) is 6.54 Å². The van der Waals surface area contributed by atoms with Gasteiger partial charge in [-0.25, -0.2) is 4.39 Å². The lowest BCUT2D eigenvalue weighted by Crippen LogP contribution is -2.49. The van der Waals surface area contributed by atoms with Crippen molar-refractivity contribution in [2.24, 2.45) is 0 Å². The Hall–Kier alpha value is -2.69. The number of rotatable bonds is 10. The van der Waals surface area contributed by atoms with E-state index in [-0.39, 0.29) is 30.6 Å². The molecule has 0 spiro atoms. The SMILES string of the molecule is CCCCNC(=O)[C@@H](CC)N(Cc1ccc(F)cc1)C(=O)Cc1cc(C)cc(C)c1. The monoisotopic (exact) mass is 412 g/mol. The average molecular weight is 413 g/mol. The summed E-state index contributed by atoms with van der Waals surface area (Å²) in [6, 6.07) is 11.6. The maximum Gasteiger partial charge on any atom is 0.242 e. The van der Waals surface area contributed by atoms with Crippen LogP contribution >= 0.6 is 0 Å². The van der Waals surface area contributed by atoms with Crippen molar-refractivity contribution in [3.63, 3.8) is 0 Å². The molecule has 0 unspecified atom stereocenters. The summed E-state index contributed by atoms with van der Waals surface area (Å²) < 4.78 is 13.3. The number of carbonyl (C=O) groups excluding carboxylic acids is 2. The van der Waals surface area contributed by atoms with Crippen molar-refractivity contribution >= 4 is 11.8 Å². The van der Waals surface area contributed by atoms with Crippen molar-refractivity contribution in [1.82, 2.24) is 10.2 Å². The normalized spacial score (nSPS) is 11.8. The highest BCUT2D eigenvalue weighted by atomic mass is 19.1. The molecule has 0 bridgehead atoms. The molecule has 0 aliphatic heterocycles. The maximum atomic E-state index is 13.3. The number of nitrogens with zero attached hydrogens (tertiary/aromatic N) is 1. The highest BCUT2D eigenvalue weighted by molar-refractivity contribution is 5.88. The standard InChI is InChI=1S/C25H33FN2O2/c1-5-7-12-27-25(30)23(6-2)28(17-20-8-10-22(26)11-9-20)24(29)16-21-14-18(3)13-19(4)15-21/h8-11,13-15,23H,5-7,12,16-17H2,1-4H3,(H,27,30)/t23-/m1/s1. The van der Waals surface area contributed by atoms with E-state index in [2.05, 4.69) is 18.3 Å². The lowest BCUT2D eigenvalue weighted by molar-refractivity contribution is -0.140. The van der Waals surface area contributed by atoms with Crippen LogP contribution in [0.3, 0.4) is 0 Å². The molecule has 162 valence electrons. The Bertz CT molecular complexity index is 828. The van der Waals surface area contributed by atoms with Crippen LogP contribution in [-0.2, 0) is 22.6 Å². The third kappa shape index (κ3) is 6.97. The van der Waals surface area contributed by atoms with E-state index < -0.39 is 6.04 Å². The van der Waals surface area contributed by atoms with Crippen LogP contribution in [0.5, 0.6) is 0 Å². The zero-order valence-corrected chi connectivity index (χ0v) is 18.5. The Morgan fingerprint density at radius 2 is 1.63 bits per heavy atom. The van der Waals surface area contributed by atoms with E-state index in [9.17, 15) is 14.0 Å². The predicted octanol–water partition coefficient (Wildman–Crippen LogP) is 4.71. The van der Waals surface area contributed by atoms with Gasteiger partial charge >= 0.3 is 0 Å². The molecule has 0 saturated carbocycles. The van der Waals surface area contributed by atoms with E-state index >= 15 is 0 Å². The third-order valence-corrected chi connectivity index (χ3v) is 5.12. The van der Waals surface area contributed by atoms with Gasteiger partial charge in [-0.3, -0.25) is 9.59 Å². The van der Waals surface area contributed by atoms with Crippen LogP contribution in [-0.4, -0.2) is 29.3 Å². The minimum Gasteiger partial charge on any atom is -0.354 e. The van der Waals surface area contributed by atoms with E-state index in [1.807, 2.05) is 32.9 Å². The van der Waals surface area contributed by atoms with Crippen molar-refractivity contribution in [1.29, 1.82) is 0 Å². The number of carbonyl (C=O) groups is 2. The molecule has 1 N–H and O–H groups in total. The fourth-order valence-electron chi connectivity index (χ4n) is 3.66. The van der Waals surface area contributed by atoms with Gasteiger partial charge in [0.15, 0.2) is 0 Å². The number of nitrogens with one attached hydrogen (secondary N) is 1. The number of aryl methyl sites for hydroxylation is 2. The molecule has 0 aliphatic rings. The van der Waals surface area contributed by atoms with E-state index in [1.54, 1.807) is 17.0 Å². The fraction of sp³-hybridized carbons (Fsp3) is 0.440. The molecular weight excluding hydrogens is 379 g/mol. The molecule has 0 fully saturated rings. The van der Waals surface area contributed by atoms with Crippen molar-refractivity contribution in [3.05, 3.63) is 70.5 Å². The molecule has 30 heavy (non-hydrogen) atoms. The smallest absolute Gasteiger partial charge is 0.242 e. The second kappa shape index (κ2) is 11.5. The fourth-order valence-corrected chi connectivity index (χ4v) is 3.66. The first kappa shape index (κ1) is 23.6. The molecule has 0 aromatic heterocycles. The molecule has 2 amide bonds. The van der Waals surface area contributed by atoms with Gasteiger partial charge in [0.1, 0.15) is 11.9 Å². The average Bonchev–Trinajstić information content (AvgIpc) is 2.68. The number of unbranched alkanes of at least 4 members (excludes halogenated alkanes) is 1. The Morgan fingerprint density at radius 1 is 1.00 bits per heavy atom. The van der Waals surface area contributed by atoms with E-state index in [0.29, 0.717) is 13.0 Å². The van der Waals surface area contributed by atoms with Gasteiger partial charge in [-0.2, -0.15) is 0 Å². The summed E-state index contributed by atoms with van der Waals surface area (Å²) >= 11 is 0. The predicted molar refractivity (Wildman–Crippen MR) is 119 cm³/mol. The molecule has 2 rings (SSSR count). The topological polar surface area (TPSA) is 49.4 Å². The van der Waals surface area contributed by atoms with Crippen molar-refractivity contribution < 1.29 is 14.0 Å². The number of hydrogen-bond donors (Lipinski definition) is 1. The van der Waals surface area contributed by atoms with Crippen LogP contribution < -0.4 is 5.32 Å². The van der Waals surface area contributed by atoms with Crippen LogP contribution in [0.2, 0.25) is 0 Å². The summed E-state index contributed by atoms with van der Waals surface area (Å²) in [4.78, 5) is 27.8. The Balaban J connectivity index is 2.26. The molecule has 2 aromatic rings. The lowest BCUT2D eigenvalue weighted by Gasteiger charge is -2.31. The second-order valence-electron chi connectivity index (χ2n) is 7.89. The second-order valence-corrected chi connectivity index (χ2v) is 7.89. The largest absolute Gasteiger partial charge is 0.354 e. The molecule has 1 atom stereocenters. The number of halogens is 1. The molecule has 0 heterocycles. The third-order valence-electron chi connectivity index (χ3n) is 5.12. The van der Waals surface area contributed by atoms with Crippen LogP contribution in [0.1, 0.15) is 55.4 Å². The van der Waals surface area contributed by atoms with Gasteiger partial charge in [-0.05, 0) is 49.9 Å². The summed E-state index contributed by atoms with van der Waals surface area (Å²) in [7, 11) is 0. The van der Waals surface area contributed by atoms with Gasteiger partial charge in [0.05, 0.1) is 6.42 Å². The minimum atomic E-state index is -0.565. The highest BCUT2D eigenvalue weighted by Crippen LogP contribution is 2.17. The first-order valence-electron chi connectivity index (χ1n) is 10.7. The van der Waals surface area contributed by atoms with Gasteiger partial charge in [-0.15, -0.1) is 0 Å². The zero-order valence-electron chi connectivity index (χ0n) is 18.5. The molecule has 0 aliphatic carbocycles. The van der Waals surface area contributed by atoms with Gasteiger partial charge in [-0.1, -0.05) is 61.7 Å². The van der Waals surface area contributed by atoms with Crippen molar-refractivity contribution in [3.8, 4) is 0 Å². The summed E-state index contributed by atoms with van der Waals surface area (Å²) in [5.74, 6) is -0.570. The van der Waals surface area contributed by atoms with Gasteiger partial charge < -0.3 is 10.2 Å². The maximum absolute atomic E-state index is 13.3. The number of hydrogen-bond acceptors (Lipinski definition) is 2. The Kier molecular flexibility index (Phi) is 9.03. The quantitative estimate of drug-likeness (QED) is 0.575. The zero-order chi connectivity index (χ0) is 22.1. The van der Waals surface area contributed by atoms with Crippen LogP contribution in [0, 0.1) is 19.7 Å². The highest BCUT2D eigenvalue weighted by Gasteiger charge is 2.28. The molecule has 0 saturated heterocycles. The molecule has 5 heteroatoms. The van der Waals surface area contributed by atoms with Gasteiger partial charge in [0.25, 0.3) is 0 Å². The van der Waals surface area contributed by atoms with Gasteiger partial charge in [0.2, 0.25) is 11.8 Å². The summed E-state index contributed by atoms with van der Waals surface area (Å²) in [5.41, 5.74) is 3.94. The van der Waals surface area contributed by atoms with E-state index in [4.69, 9.17) is 0 Å². The number of benzene rings is 2. The van der Waals surface area contributed by atoms with Crippen LogP contribution in [0.15, 0.2) is 42.5 Å². The minimum absolute atomic E-state index is 0.109. The molecule has 2 aromatic carbocycles. The van der Waals surface area contributed by atoms with Crippen molar-refractivity contribution in [2.45, 2.75) is 66.0 Å². The molecule has 0 radical (unpaired) electrons. The first-order valence-corrected chi connectivity index (χ1v) is 10.7. The lowest BCUT2D eigenvalue weighted by atomic mass is 10.0. The summed E-state index contributed by atoms with van der Waals surface area (Å²) in [6.07, 6.45) is 2.62. The Labute approximate surface area is 179 Å². The summed E-state index contributed by atoms with van der Waals surface area (Å²) in [6.45, 7) is 8.86. The van der Waals surface area contributed by atoms with Gasteiger partial charge in [0, 0.05) is 13.1 Å². The first-order chi connectivity index (χ1) is 14.3. The molecular formula is C25H33FN2O2. The van der Waals surface area contributed by atoms with Crippen LogP contribution in [0.25, 0.3) is 0 Å².